The Hall–Kier alpha value is -3.32. The maximum absolute atomic E-state index is 14.1. The number of carbonyl (C=O) groups excluding carboxylic acids is 2. The van der Waals surface area contributed by atoms with Crippen LogP contribution < -0.4 is 19.7 Å². The second-order valence-electron chi connectivity index (χ2n) is 11.5. The fourth-order valence-corrected chi connectivity index (χ4v) is 5.25. The predicted octanol–water partition coefficient (Wildman–Crippen LogP) is 5.24. The molecule has 2 amide bonds. The van der Waals surface area contributed by atoms with Crippen LogP contribution in [-0.4, -0.2) is 30.3 Å². The van der Waals surface area contributed by atoms with Gasteiger partial charge in [0.15, 0.2) is 11.5 Å². The van der Waals surface area contributed by atoms with E-state index in [-0.39, 0.29) is 31.1 Å². The fourth-order valence-electron chi connectivity index (χ4n) is 5.25. The molecule has 36 heavy (non-hydrogen) atoms. The summed E-state index contributed by atoms with van der Waals surface area (Å²) in [5, 5.41) is 13.3. The normalized spacial score (nSPS) is 20.0. The third-order valence-electron chi connectivity index (χ3n) is 7.29. The first-order valence-corrected chi connectivity index (χ1v) is 12.3. The predicted molar refractivity (Wildman–Crippen MR) is 140 cm³/mol. The highest BCUT2D eigenvalue weighted by molar-refractivity contribution is 6.10. The number of nitrogens with zero attached hydrogens (tertiary/aromatic N) is 1. The van der Waals surface area contributed by atoms with E-state index in [9.17, 15) is 14.7 Å². The summed E-state index contributed by atoms with van der Waals surface area (Å²) >= 11 is 0. The van der Waals surface area contributed by atoms with Gasteiger partial charge >= 0.3 is 0 Å². The van der Waals surface area contributed by atoms with Crippen LogP contribution in [0, 0.1) is 16.7 Å². The number of fused-ring (bicyclic) bond motifs is 1. The number of carbonyl (C=O) groups is 2. The SMILES string of the molecule is CC(C)C1(C(C)(C)C)C=C(C(=O)Nc2ccc3c(c2)OCO3)CN(c2ccc(C(C)(C)O)cc2)C1=O. The molecule has 7 heteroatoms. The Morgan fingerprint density at radius 1 is 1.03 bits per heavy atom. The van der Waals surface area contributed by atoms with Crippen LogP contribution in [0.3, 0.4) is 0 Å². The first kappa shape index (κ1) is 25.8. The van der Waals surface area contributed by atoms with Gasteiger partial charge in [-0.1, -0.05) is 52.8 Å². The van der Waals surface area contributed by atoms with Gasteiger partial charge in [-0.3, -0.25) is 9.59 Å². The molecule has 2 heterocycles. The summed E-state index contributed by atoms with van der Waals surface area (Å²) in [4.78, 5) is 29.4. The van der Waals surface area contributed by atoms with Crippen molar-refractivity contribution in [1.29, 1.82) is 0 Å². The van der Waals surface area contributed by atoms with Crippen molar-refractivity contribution in [2.75, 3.05) is 23.6 Å². The Morgan fingerprint density at radius 2 is 1.67 bits per heavy atom. The van der Waals surface area contributed by atoms with Crippen molar-refractivity contribution in [2.45, 2.75) is 54.1 Å². The molecular formula is C29H36N2O5. The van der Waals surface area contributed by atoms with Crippen LogP contribution in [0.25, 0.3) is 0 Å². The zero-order valence-electron chi connectivity index (χ0n) is 22.1. The Kier molecular flexibility index (Phi) is 6.41. The topological polar surface area (TPSA) is 88.1 Å². The molecule has 0 spiro atoms. The quantitative estimate of drug-likeness (QED) is 0.596. The second-order valence-corrected chi connectivity index (χ2v) is 11.5. The number of nitrogens with one attached hydrogen (secondary N) is 1. The molecule has 192 valence electrons. The molecule has 1 unspecified atom stereocenters. The van der Waals surface area contributed by atoms with Crippen molar-refractivity contribution in [3.8, 4) is 11.5 Å². The van der Waals surface area contributed by atoms with E-state index in [0.717, 1.165) is 5.56 Å². The minimum absolute atomic E-state index is 0.0411. The number of amides is 2. The molecule has 7 nitrogen and oxygen atoms in total. The average molecular weight is 493 g/mol. The monoisotopic (exact) mass is 492 g/mol. The molecule has 0 aromatic heterocycles. The summed E-state index contributed by atoms with van der Waals surface area (Å²) in [6, 6.07) is 12.6. The summed E-state index contributed by atoms with van der Waals surface area (Å²) < 4.78 is 10.8. The third kappa shape index (κ3) is 4.48. The molecule has 0 saturated heterocycles. The first-order chi connectivity index (χ1) is 16.7. The van der Waals surface area contributed by atoms with Crippen LogP contribution in [0.15, 0.2) is 54.1 Å². The standard InChI is InChI=1S/C29H36N2O5/c1-18(2)29(27(3,4)5)15-19(25(32)30-21-10-13-23-24(14-21)36-17-35-23)16-31(26(29)33)22-11-8-20(9-12-22)28(6,7)34/h8-15,18,34H,16-17H2,1-7H3,(H,30,32). The zero-order chi connectivity index (χ0) is 26.5. The maximum Gasteiger partial charge on any atom is 0.253 e. The Labute approximate surface area is 213 Å². The molecule has 0 bridgehead atoms. The number of hydrogen-bond donors (Lipinski definition) is 2. The highest BCUT2D eigenvalue weighted by Gasteiger charge is 2.54. The van der Waals surface area contributed by atoms with E-state index >= 15 is 0 Å². The molecule has 2 aromatic rings. The Balaban J connectivity index is 1.74. The van der Waals surface area contributed by atoms with Crippen LogP contribution in [-0.2, 0) is 15.2 Å². The number of hydrogen-bond acceptors (Lipinski definition) is 5. The van der Waals surface area contributed by atoms with E-state index in [1.54, 1.807) is 36.9 Å². The Bertz CT molecular complexity index is 1200. The highest BCUT2D eigenvalue weighted by atomic mass is 16.7. The highest BCUT2D eigenvalue weighted by Crippen LogP contribution is 2.51. The average Bonchev–Trinajstić information content (AvgIpc) is 3.25. The van der Waals surface area contributed by atoms with Crippen molar-refractivity contribution in [1.82, 2.24) is 0 Å². The molecule has 2 aliphatic heterocycles. The van der Waals surface area contributed by atoms with Gasteiger partial charge in [0.1, 0.15) is 0 Å². The molecule has 0 fully saturated rings. The molecule has 0 saturated carbocycles. The number of anilines is 2. The summed E-state index contributed by atoms with van der Waals surface area (Å²) in [7, 11) is 0. The molecule has 2 N–H and O–H groups in total. The van der Waals surface area contributed by atoms with Gasteiger partial charge in [-0.25, -0.2) is 0 Å². The molecule has 4 rings (SSSR count). The Morgan fingerprint density at radius 3 is 2.25 bits per heavy atom. The van der Waals surface area contributed by atoms with Crippen LogP contribution in [0.2, 0.25) is 0 Å². The summed E-state index contributed by atoms with van der Waals surface area (Å²) in [5.74, 6) is 0.856. The summed E-state index contributed by atoms with van der Waals surface area (Å²) in [6.07, 6.45) is 1.88. The van der Waals surface area contributed by atoms with Gasteiger partial charge < -0.3 is 24.8 Å². The van der Waals surface area contributed by atoms with Gasteiger partial charge in [-0.05, 0) is 55.0 Å². The molecule has 0 radical (unpaired) electrons. The van der Waals surface area contributed by atoms with Gasteiger partial charge in [-0.15, -0.1) is 0 Å². The van der Waals surface area contributed by atoms with Crippen LogP contribution >= 0.6 is 0 Å². The minimum atomic E-state index is -0.993. The van der Waals surface area contributed by atoms with Crippen molar-refractivity contribution in [3.05, 3.63) is 59.7 Å². The molecule has 1 atom stereocenters. The lowest BCUT2D eigenvalue weighted by Crippen LogP contribution is -2.57. The fraction of sp³-hybridized carbons (Fsp3) is 0.448. The number of benzene rings is 2. The summed E-state index contributed by atoms with van der Waals surface area (Å²) in [6.45, 7) is 13.9. The lowest BCUT2D eigenvalue weighted by atomic mass is 9.58. The van der Waals surface area contributed by atoms with Crippen molar-refractivity contribution < 1.29 is 24.2 Å². The number of ether oxygens (including phenoxy) is 2. The van der Waals surface area contributed by atoms with E-state index < -0.39 is 16.4 Å². The van der Waals surface area contributed by atoms with E-state index in [2.05, 4.69) is 5.32 Å². The summed E-state index contributed by atoms with van der Waals surface area (Å²) in [5.41, 5.74) is 0.196. The van der Waals surface area contributed by atoms with Gasteiger partial charge in [0.05, 0.1) is 17.6 Å². The van der Waals surface area contributed by atoms with Gasteiger partial charge in [0.25, 0.3) is 5.91 Å². The number of rotatable bonds is 5. The van der Waals surface area contributed by atoms with Crippen molar-refractivity contribution in [3.63, 3.8) is 0 Å². The molecule has 2 aromatic carbocycles. The third-order valence-corrected chi connectivity index (χ3v) is 7.29. The van der Waals surface area contributed by atoms with Crippen LogP contribution in [0.4, 0.5) is 11.4 Å². The smallest absolute Gasteiger partial charge is 0.253 e. The van der Waals surface area contributed by atoms with Gasteiger partial charge in [0.2, 0.25) is 12.7 Å². The van der Waals surface area contributed by atoms with E-state index in [4.69, 9.17) is 9.47 Å². The van der Waals surface area contributed by atoms with Gasteiger partial charge in [-0.2, -0.15) is 0 Å². The van der Waals surface area contributed by atoms with Crippen LogP contribution in [0.5, 0.6) is 11.5 Å². The van der Waals surface area contributed by atoms with Crippen molar-refractivity contribution >= 4 is 23.2 Å². The second kappa shape index (κ2) is 8.96. The first-order valence-electron chi connectivity index (χ1n) is 12.3. The molecule has 2 aliphatic rings. The molecular weight excluding hydrogens is 456 g/mol. The lowest BCUT2D eigenvalue weighted by Gasteiger charge is -2.50. The largest absolute Gasteiger partial charge is 0.454 e. The van der Waals surface area contributed by atoms with Crippen LogP contribution in [0.1, 0.15) is 54.0 Å². The van der Waals surface area contributed by atoms with Crippen molar-refractivity contribution in [2.24, 2.45) is 16.7 Å². The zero-order valence-corrected chi connectivity index (χ0v) is 22.1. The van der Waals surface area contributed by atoms with E-state index in [0.29, 0.717) is 28.4 Å². The number of aliphatic hydroxyl groups is 1. The maximum atomic E-state index is 14.1. The van der Waals surface area contributed by atoms with E-state index in [1.807, 2.05) is 65.0 Å². The lowest BCUT2D eigenvalue weighted by molar-refractivity contribution is -0.134. The minimum Gasteiger partial charge on any atom is -0.454 e. The molecule has 0 aliphatic carbocycles. The van der Waals surface area contributed by atoms with E-state index in [1.165, 1.54) is 0 Å². The van der Waals surface area contributed by atoms with Gasteiger partial charge in [0, 0.05) is 23.0 Å².